The Hall–Kier alpha value is -4.18. The van der Waals surface area contributed by atoms with Crippen LogP contribution in [-0.4, -0.2) is 19.9 Å². The summed E-state index contributed by atoms with van der Waals surface area (Å²) in [6, 6.07) is 22.1. The molecule has 2 N–H and O–H groups in total. The number of hydrogen-bond acceptors (Lipinski definition) is 2. The van der Waals surface area contributed by atoms with Crippen LogP contribution in [0.1, 0.15) is 64.1 Å². The molecule has 38 heavy (non-hydrogen) atoms. The smallest absolute Gasteiger partial charge is 0.0810 e. The highest BCUT2D eigenvalue weighted by atomic mass is 14.8. The predicted octanol–water partition coefficient (Wildman–Crippen LogP) is 9.10. The first-order chi connectivity index (χ1) is 18.0. The molecule has 4 heteroatoms. The second kappa shape index (κ2) is 7.67. The van der Waals surface area contributed by atoms with E-state index < -0.39 is 0 Å². The van der Waals surface area contributed by atoms with Crippen LogP contribution >= 0.6 is 0 Å². The van der Waals surface area contributed by atoms with Crippen molar-refractivity contribution in [3.8, 4) is 0 Å². The molecule has 7 rings (SSSR count). The molecule has 8 bridgehead atoms. The maximum absolute atomic E-state index is 5.35. The van der Waals surface area contributed by atoms with Crippen LogP contribution in [0.4, 0.5) is 0 Å². The molecule has 2 aromatic carbocycles. The van der Waals surface area contributed by atoms with Crippen molar-refractivity contribution in [2.75, 3.05) is 0 Å². The van der Waals surface area contributed by atoms with E-state index >= 15 is 0 Å². The summed E-state index contributed by atoms with van der Waals surface area (Å²) in [4.78, 5) is 17.6. The minimum absolute atomic E-state index is 0.00405. The molecule has 188 valence electrons. The number of H-pyrrole nitrogens is 2. The Morgan fingerprint density at radius 3 is 1.76 bits per heavy atom. The van der Waals surface area contributed by atoms with Gasteiger partial charge in [-0.05, 0) is 94.8 Å². The van der Waals surface area contributed by atoms with Crippen molar-refractivity contribution in [2.24, 2.45) is 0 Å². The Bertz CT molecular complexity index is 2040. The summed E-state index contributed by atoms with van der Waals surface area (Å²) >= 11 is 0. The largest absolute Gasteiger partial charge is 0.355 e. The van der Waals surface area contributed by atoms with Crippen molar-refractivity contribution in [3.05, 3.63) is 83.2 Å². The van der Waals surface area contributed by atoms with Gasteiger partial charge in [0.05, 0.1) is 22.4 Å². The van der Waals surface area contributed by atoms with Gasteiger partial charge in [0.15, 0.2) is 0 Å². The van der Waals surface area contributed by atoms with E-state index in [0.717, 1.165) is 55.3 Å². The molecular weight excluding hydrogens is 464 g/mol. The summed E-state index contributed by atoms with van der Waals surface area (Å²) in [5.41, 5.74) is 10.7. The van der Waals surface area contributed by atoms with Gasteiger partial charge in [0.25, 0.3) is 0 Å². The molecule has 0 radical (unpaired) electrons. The fourth-order valence-electron chi connectivity index (χ4n) is 5.49. The Morgan fingerprint density at radius 1 is 0.526 bits per heavy atom. The van der Waals surface area contributed by atoms with Crippen molar-refractivity contribution >= 4 is 66.8 Å². The molecule has 6 aromatic rings. The summed E-state index contributed by atoms with van der Waals surface area (Å²) in [5.74, 6) is 0. The standard InChI is InChI=1S/C34H32N4/c1-33(2,3)19-13-25-26-14-20(34(4,5)6)16-28-30-12-10-24(37-30)18-22-8-7-21(35-22)17-23-9-11-29(36-23)27(15-19)31(25)38-32(26)28/h7-18,35-36H,1-6H3. The minimum Gasteiger partial charge on any atom is -0.355 e. The number of benzene rings is 2. The maximum Gasteiger partial charge on any atom is 0.0810 e. The van der Waals surface area contributed by atoms with Crippen LogP contribution in [0.2, 0.25) is 0 Å². The summed E-state index contributed by atoms with van der Waals surface area (Å²) in [6.45, 7) is 13.7. The zero-order valence-electron chi connectivity index (χ0n) is 22.8. The molecular formula is C34H32N4. The van der Waals surface area contributed by atoms with E-state index in [1.165, 1.54) is 21.9 Å². The van der Waals surface area contributed by atoms with Crippen LogP contribution in [0.15, 0.2) is 60.7 Å². The molecule has 0 amide bonds. The molecule has 0 spiro atoms. The van der Waals surface area contributed by atoms with Gasteiger partial charge in [-0.3, -0.25) is 0 Å². The fraction of sp³-hybridized carbons (Fsp3) is 0.235. The number of rotatable bonds is 0. The molecule has 1 aliphatic heterocycles. The van der Waals surface area contributed by atoms with E-state index in [-0.39, 0.29) is 10.8 Å². The molecule has 0 atom stereocenters. The Kier molecular flexibility index (Phi) is 4.64. The first kappa shape index (κ1) is 23.0. The van der Waals surface area contributed by atoms with Gasteiger partial charge in [0, 0.05) is 43.6 Å². The number of aromatic nitrogens is 4. The maximum atomic E-state index is 5.35. The third-order valence-corrected chi connectivity index (χ3v) is 7.75. The highest BCUT2D eigenvalue weighted by Gasteiger charge is 2.22. The predicted molar refractivity (Wildman–Crippen MR) is 162 cm³/mol. The summed E-state index contributed by atoms with van der Waals surface area (Å²) in [5, 5.41) is 4.62. The number of nitrogens with zero attached hydrogens (tertiary/aromatic N) is 2. The van der Waals surface area contributed by atoms with Crippen LogP contribution < -0.4 is 0 Å². The van der Waals surface area contributed by atoms with Crippen molar-refractivity contribution in [3.63, 3.8) is 0 Å². The van der Waals surface area contributed by atoms with Crippen molar-refractivity contribution in [2.45, 2.75) is 52.4 Å². The lowest BCUT2D eigenvalue weighted by molar-refractivity contribution is 0.591. The van der Waals surface area contributed by atoms with Gasteiger partial charge in [-0.2, -0.15) is 0 Å². The van der Waals surface area contributed by atoms with E-state index in [4.69, 9.17) is 9.97 Å². The van der Waals surface area contributed by atoms with E-state index in [2.05, 4.69) is 124 Å². The first-order valence-corrected chi connectivity index (χ1v) is 13.3. The topological polar surface area (TPSA) is 57.4 Å². The lowest BCUT2D eigenvalue weighted by Gasteiger charge is -2.20. The van der Waals surface area contributed by atoms with Gasteiger partial charge < -0.3 is 9.97 Å². The summed E-state index contributed by atoms with van der Waals surface area (Å²) < 4.78 is 0. The second-order valence-corrected chi connectivity index (χ2v) is 12.7. The number of nitrogens with one attached hydrogen (secondary N) is 2. The third kappa shape index (κ3) is 3.66. The van der Waals surface area contributed by atoms with Crippen molar-refractivity contribution in [1.29, 1.82) is 0 Å². The normalized spacial score (nSPS) is 13.4. The zero-order valence-corrected chi connectivity index (χ0v) is 22.8. The molecule has 0 unspecified atom stereocenters. The van der Waals surface area contributed by atoms with Gasteiger partial charge in [-0.15, -0.1) is 0 Å². The van der Waals surface area contributed by atoms with E-state index in [0.29, 0.717) is 0 Å². The number of fused-ring (bicyclic) bond motifs is 9. The summed E-state index contributed by atoms with van der Waals surface area (Å²) in [7, 11) is 0. The quantitative estimate of drug-likeness (QED) is 0.220. The van der Waals surface area contributed by atoms with Gasteiger partial charge in [-0.1, -0.05) is 41.5 Å². The Morgan fingerprint density at radius 2 is 1.08 bits per heavy atom. The Labute approximate surface area is 222 Å². The number of hydrogen-bond donors (Lipinski definition) is 2. The van der Waals surface area contributed by atoms with Crippen LogP contribution in [0, 0.1) is 0 Å². The lowest BCUT2D eigenvalue weighted by Crippen LogP contribution is -2.11. The minimum atomic E-state index is -0.0118. The van der Waals surface area contributed by atoms with E-state index in [1.54, 1.807) is 0 Å². The molecule has 4 aromatic heterocycles. The molecule has 5 heterocycles. The zero-order chi connectivity index (χ0) is 26.4. The average molecular weight is 497 g/mol. The number of aromatic amines is 2. The highest BCUT2D eigenvalue weighted by molar-refractivity contribution is 6.20. The highest BCUT2D eigenvalue weighted by Crippen LogP contribution is 2.39. The molecule has 0 saturated heterocycles. The van der Waals surface area contributed by atoms with Gasteiger partial charge >= 0.3 is 0 Å². The average Bonchev–Trinajstić information content (AvgIpc) is 3.63. The van der Waals surface area contributed by atoms with E-state index in [9.17, 15) is 0 Å². The molecule has 0 saturated carbocycles. The molecule has 0 fully saturated rings. The van der Waals surface area contributed by atoms with Crippen LogP contribution in [0.5, 0.6) is 0 Å². The van der Waals surface area contributed by atoms with Gasteiger partial charge in [-0.25, -0.2) is 9.97 Å². The SMILES string of the molecule is CC(C)(C)c1cc2c3nc(cc4ccc(cc5ccc([nH]5)c5cc(C(C)(C)C)cc6c(c1)c2nc56)[nH]4)C=C3. The summed E-state index contributed by atoms with van der Waals surface area (Å²) in [6.07, 6.45) is 4.22. The monoisotopic (exact) mass is 496 g/mol. The van der Waals surface area contributed by atoms with Crippen LogP contribution in [-0.2, 0) is 10.8 Å². The van der Waals surface area contributed by atoms with Crippen LogP contribution in [0.25, 0.3) is 66.8 Å². The van der Waals surface area contributed by atoms with E-state index in [1.807, 2.05) is 0 Å². The second-order valence-electron chi connectivity index (χ2n) is 12.7. The van der Waals surface area contributed by atoms with Gasteiger partial charge in [0.2, 0.25) is 0 Å². The van der Waals surface area contributed by atoms with Crippen molar-refractivity contribution in [1.82, 2.24) is 19.9 Å². The van der Waals surface area contributed by atoms with Gasteiger partial charge in [0.1, 0.15) is 0 Å². The Balaban J connectivity index is 1.77. The van der Waals surface area contributed by atoms with Crippen molar-refractivity contribution < 1.29 is 0 Å². The van der Waals surface area contributed by atoms with Crippen LogP contribution in [0.3, 0.4) is 0 Å². The molecule has 0 aliphatic carbocycles. The molecule has 4 nitrogen and oxygen atoms in total. The first-order valence-electron chi connectivity index (χ1n) is 13.3. The molecule has 1 aliphatic rings. The lowest BCUT2D eigenvalue weighted by atomic mass is 9.84. The third-order valence-electron chi connectivity index (χ3n) is 7.75. The fourth-order valence-corrected chi connectivity index (χ4v) is 5.49.